The first-order valence-corrected chi connectivity index (χ1v) is 6.38. The van der Waals surface area contributed by atoms with E-state index in [9.17, 15) is 9.59 Å². The van der Waals surface area contributed by atoms with Gasteiger partial charge in [-0.3, -0.25) is 9.59 Å². The molecule has 5 heteroatoms. The molecule has 1 amide bonds. The van der Waals surface area contributed by atoms with Gasteiger partial charge in [-0.1, -0.05) is 34.1 Å². The monoisotopic (exact) mass is 313 g/mol. The lowest BCUT2D eigenvalue weighted by Gasteiger charge is -2.17. The summed E-state index contributed by atoms with van der Waals surface area (Å²) in [5.74, 6) is -0.436. The summed E-state index contributed by atoms with van der Waals surface area (Å²) in [5, 5.41) is 0. The minimum atomic E-state index is -0.363. The summed E-state index contributed by atoms with van der Waals surface area (Å²) < 4.78 is 5.47. The molecule has 0 fully saturated rings. The number of benzene rings is 1. The molecule has 4 nitrogen and oxygen atoms in total. The summed E-state index contributed by atoms with van der Waals surface area (Å²) in [4.78, 5) is 24.3. The van der Waals surface area contributed by atoms with Crippen molar-refractivity contribution in [3.05, 3.63) is 34.3 Å². The fourth-order valence-corrected chi connectivity index (χ4v) is 1.88. The summed E-state index contributed by atoms with van der Waals surface area (Å²) in [5.41, 5.74) is 1.03. The van der Waals surface area contributed by atoms with E-state index in [4.69, 9.17) is 0 Å². The number of carbonyl (C=O) groups excluding carboxylic acids is 2. The molecule has 98 valence electrons. The zero-order valence-corrected chi connectivity index (χ0v) is 12.1. The first-order chi connectivity index (χ1) is 8.54. The molecule has 0 saturated carbocycles. The van der Waals surface area contributed by atoms with Crippen molar-refractivity contribution in [3.8, 4) is 0 Å². The number of methoxy groups -OCH3 is 1. The van der Waals surface area contributed by atoms with Crippen molar-refractivity contribution in [2.24, 2.45) is 0 Å². The minimum Gasteiger partial charge on any atom is -0.469 e. The SMILES string of the molecule is COC(=O)CCC(=O)N(C)Cc1ccccc1Br. The van der Waals surface area contributed by atoms with Crippen LogP contribution in [0.1, 0.15) is 18.4 Å². The van der Waals surface area contributed by atoms with Gasteiger partial charge in [0.1, 0.15) is 0 Å². The summed E-state index contributed by atoms with van der Waals surface area (Å²) in [7, 11) is 3.04. The Morgan fingerprint density at radius 2 is 1.94 bits per heavy atom. The zero-order chi connectivity index (χ0) is 13.5. The van der Waals surface area contributed by atoms with Crippen molar-refractivity contribution < 1.29 is 14.3 Å². The van der Waals surface area contributed by atoms with E-state index in [1.165, 1.54) is 7.11 Å². The molecule has 0 N–H and O–H groups in total. The molecule has 0 radical (unpaired) electrons. The third kappa shape index (κ3) is 4.49. The van der Waals surface area contributed by atoms with Gasteiger partial charge >= 0.3 is 5.97 Å². The number of ether oxygens (including phenoxy) is 1. The molecule has 0 aliphatic carbocycles. The lowest BCUT2D eigenvalue weighted by molar-refractivity contribution is -0.143. The fourth-order valence-electron chi connectivity index (χ4n) is 1.47. The average Bonchev–Trinajstić information content (AvgIpc) is 2.38. The highest BCUT2D eigenvalue weighted by atomic mass is 79.9. The van der Waals surface area contributed by atoms with E-state index in [1.54, 1.807) is 11.9 Å². The summed E-state index contributed by atoms with van der Waals surface area (Å²) >= 11 is 3.44. The maximum Gasteiger partial charge on any atom is 0.306 e. The number of amides is 1. The Bertz CT molecular complexity index is 434. The second-order valence-corrected chi connectivity index (χ2v) is 4.77. The number of halogens is 1. The van der Waals surface area contributed by atoms with Crippen LogP contribution < -0.4 is 0 Å². The Labute approximate surface area is 115 Å². The Balaban J connectivity index is 2.50. The number of hydrogen-bond acceptors (Lipinski definition) is 3. The van der Waals surface area contributed by atoms with Crippen molar-refractivity contribution in [1.82, 2.24) is 4.90 Å². The lowest BCUT2D eigenvalue weighted by Crippen LogP contribution is -2.26. The first-order valence-electron chi connectivity index (χ1n) is 5.58. The van der Waals surface area contributed by atoms with E-state index < -0.39 is 0 Å². The first kappa shape index (κ1) is 14.7. The van der Waals surface area contributed by atoms with Crippen molar-refractivity contribution in [1.29, 1.82) is 0 Å². The third-order valence-corrected chi connectivity index (χ3v) is 3.34. The highest BCUT2D eigenvalue weighted by Crippen LogP contribution is 2.17. The van der Waals surface area contributed by atoms with Gasteiger partial charge < -0.3 is 9.64 Å². The fraction of sp³-hybridized carbons (Fsp3) is 0.385. The molecule has 0 aliphatic rings. The van der Waals surface area contributed by atoms with Crippen LogP contribution in [0.4, 0.5) is 0 Å². The number of esters is 1. The molecule has 0 aromatic heterocycles. The van der Waals surface area contributed by atoms with Gasteiger partial charge in [-0.05, 0) is 11.6 Å². The Morgan fingerprint density at radius 3 is 2.56 bits per heavy atom. The van der Waals surface area contributed by atoms with E-state index in [1.807, 2.05) is 24.3 Å². The van der Waals surface area contributed by atoms with E-state index in [0.29, 0.717) is 6.54 Å². The maximum atomic E-state index is 11.8. The van der Waals surface area contributed by atoms with Gasteiger partial charge in [-0.15, -0.1) is 0 Å². The largest absolute Gasteiger partial charge is 0.469 e. The summed E-state index contributed by atoms with van der Waals surface area (Å²) in [6, 6.07) is 7.73. The predicted molar refractivity (Wildman–Crippen MR) is 71.9 cm³/mol. The molecule has 0 atom stereocenters. The minimum absolute atomic E-state index is 0.0730. The molecule has 0 bridgehead atoms. The molecular formula is C13H16BrNO3. The molecule has 0 unspecified atom stereocenters. The van der Waals surface area contributed by atoms with Crippen LogP contribution in [0.3, 0.4) is 0 Å². The topological polar surface area (TPSA) is 46.6 Å². The van der Waals surface area contributed by atoms with E-state index in [-0.39, 0.29) is 24.7 Å². The van der Waals surface area contributed by atoms with Crippen molar-refractivity contribution in [2.45, 2.75) is 19.4 Å². The summed E-state index contributed by atoms with van der Waals surface area (Å²) in [6.07, 6.45) is 0.295. The molecule has 0 saturated heterocycles. The van der Waals surface area contributed by atoms with Gasteiger partial charge in [0.25, 0.3) is 0 Å². The second-order valence-electron chi connectivity index (χ2n) is 3.92. The lowest BCUT2D eigenvalue weighted by atomic mass is 10.2. The van der Waals surface area contributed by atoms with Crippen LogP contribution in [0.25, 0.3) is 0 Å². The number of carbonyl (C=O) groups is 2. The quantitative estimate of drug-likeness (QED) is 0.784. The Morgan fingerprint density at radius 1 is 1.28 bits per heavy atom. The molecular weight excluding hydrogens is 298 g/mol. The van der Waals surface area contributed by atoms with E-state index in [2.05, 4.69) is 20.7 Å². The molecule has 18 heavy (non-hydrogen) atoms. The van der Waals surface area contributed by atoms with Crippen molar-refractivity contribution >= 4 is 27.8 Å². The normalized spacial score (nSPS) is 9.94. The van der Waals surface area contributed by atoms with Crippen LogP contribution in [0.5, 0.6) is 0 Å². The van der Waals surface area contributed by atoms with Gasteiger partial charge in [-0.2, -0.15) is 0 Å². The van der Waals surface area contributed by atoms with Crippen molar-refractivity contribution in [2.75, 3.05) is 14.2 Å². The maximum absolute atomic E-state index is 11.8. The van der Waals surface area contributed by atoms with Gasteiger partial charge in [-0.25, -0.2) is 0 Å². The van der Waals surface area contributed by atoms with Crippen molar-refractivity contribution in [3.63, 3.8) is 0 Å². The number of hydrogen-bond donors (Lipinski definition) is 0. The second kappa shape index (κ2) is 7.16. The van der Waals surface area contributed by atoms with Crippen LogP contribution in [0.15, 0.2) is 28.7 Å². The van der Waals surface area contributed by atoms with Gasteiger partial charge in [0.15, 0.2) is 0 Å². The summed E-state index contributed by atoms with van der Waals surface area (Å²) in [6.45, 7) is 0.515. The smallest absolute Gasteiger partial charge is 0.306 e. The van der Waals surface area contributed by atoms with E-state index >= 15 is 0 Å². The Hall–Kier alpha value is -1.36. The van der Waals surface area contributed by atoms with Crippen LogP contribution in [0.2, 0.25) is 0 Å². The van der Waals surface area contributed by atoms with E-state index in [0.717, 1.165) is 10.0 Å². The predicted octanol–water partition coefficient (Wildman–Crippen LogP) is 2.36. The number of rotatable bonds is 5. The van der Waals surface area contributed by atoms with Gasteiger partial charge in [0.05, 0.1) is 13.5 Å². The van der Waals surface area contributed by atoms with Crippen LogP contribution in [-0.4, -0.2) is 30.9 Å². The molecule has 1 aromatic carbocycles. The molecule has 1 rings (SSSR count). The highest BCUT2D eigenvalue weighted by molar-refractivity contribution is 9.10. The molecule has 0 aliphatic heterocycles. The number of nitrogens with zero attached hydrogens (tertiary/aromatic N) is 1. The average molecular weight is 314 g/mol. The molecule has 1 aromatic rings. The van der Waals surface area contributed by atoms with Crippen LogP contribution >= 0.6 is 15.9 Å². The third-order valence-electron chi connectivity index (χ3n) is 2.56. The van der Waals surface area contributed by atoms with Crippen LogP contribution in [0, 0.1) is 0 Å². The molecule has 0 heterocycles. The Kier molecular flexibility index (Phi) is 5.85. The highest BCUT2D eigenvalue weighted by Gasteiger charge is 2.12. The van der Waals surface area contributed by atoms with Gasteiger partial charge in [0, 0.05) is 24.5 Å². The van der Waals surface area contributed by atoms with Crippen LogP contribution in [-0.2, 0) is 20.9 Å². The molecule has 0 spiro atoms. The van der Waals surface area contributed by atoms with Gasteiger partial charge in [0.2, 0.25) is 5.91 Å². The standard InChI is InChI=1S/C13H16BrNO3/c1-15(12(16)7-8-13(17)18-2)9-10-5-3-4-6-11(10)14/h3-6H,7-9H2,1-2H3. The zero-order valence-electron chi connectivity index (χ0n) is 10.5.